The summed E-state index contributed by atoms with van der Waals surface area (Å²) in [5.41, 5.74) is 0.00698. The van der Waals surface area contributed by atoms with Crippen molar-refractivity contribution in [3.8, 4) is 0 Å². The number of hydrogen-bond acceptors (Lipinski definition) is 5. The van der Waals surface area contributed by atoms with Crippen molar-refractivity contribution < 1.29 is 9.90 Å². The van der Waals surface area contributed by atoms with Gasteiger partial charge >= 0.3 is 5.97 Å². The zero-order chi connectivity index (χ0) is 13.7. The van der Waals surface area contributed by atoms with E-state index in [2.05, 4.69) is 27.1 Å². The van der Waals surface area contributed by atoms with E-state index in [-0.39, 0.29) is 5.69 Å². The van der Waals surface area contributed by atoms with Crippen LogP contribution in [0.25, 0.3) is 0 Å². The van der Waals surface area contributed by atoms with Crippen LogP contribution in [0.3, 0.4) is 0 Å². The minimum Gasteiger partial charge on any atom is -0.476 e. The Kier molecular flexibility index (Phi) is 4.68. The molecule has 1 aromatic rings. The van der Waals surface area contributed by atoms with E-state index in [0.29, 0.717) is 11.9 Å². The number of anilines is 1. The molecule has 104 valence electrons. The fourth-order valence-corrected chi connectivity index (χ4v) is 2.44. The Balaban J connectivity index is 2.22. The minimum absolute atomic E-state index is 0.00698. The second kappa shape index (κ2) is 6.47. The molecule has 19 heavy (non-hydrogen) atoms. The zero-order valence-electron chi connectivity index (χ0n) is 11.2. The second-order valence-electron chi connectivity index (χ2n) is 4.74. The molecule has 2 heterocycles. The molecule has 0 bridgehead atoms. The molecule has 1 saturated heterocycles. The van der Waals surface area contributed by atoms with Crippen LogP contribution >= 0.6 is 0 Å². The predicted octanol–water partition coefficient (Wildman–Crippen LogP) is 1.14. The maximum absolute atomic E-state index is 11.0. The molecule has 0 atom stereocenters. The van der Waals surface area contributed by atoms with Crippen molar-refractivity contribution in [2.75, 3.05) is 24.5 Å². The highest BCUT2D eigenvalue weighted by Gasteiger charge is 2.22. The normalized spacial score (nSPS) is 16.3. The third kappa shape index (κ3) is 3.41. The molecular formula is C13H20N4O2. The summed E-state index contributed by atoms with van der Waals surface area (Å²) in [4.78, 5) is 21.4. The van der Waals surface area contributed by atoms with E-state index >= 15 is 0 Å². The van der Waals surface area contributed by atoms with Crippen LogP contribution in [-0.4, -0.2) is 46.7 Å². The molecule has 2 rings (SSSR count). The van der Waals surface area contributed by atoms with Crippen molar-refractivity contribution in [3.05, 3.63) is 18.1 Å². The highest BCUT2D eigenvalue weighted by atomic mass is 16.4. The van der Waals surface area contributed by atoms with E-state index in [4.69, 9.17) is 5.11 Å². The number of carboxylic acid groups (broad SMARTS) is 1. The standard InChI is InChI=1S/C13H20N4O2/c1-2-7-17(10-3-5-14-6-4-10)12-9-15-8-11(16-12)13(18)19/h8-10,14H,2-7H2,1H3,(H,18,19). The van der Waals surface area contributed by atoms with E-state index in [1.165, 1.54) is 6.20 Å². The lowest BCUT2D eigenvalue weighted by Gasteiger charge is -2.35. The van der Waals surface area contributed by atoms with E-state index in [1.807, 2.05) is 0 Å². The first-order valence-electron chi connectivity index (χ1n) is 6.75. The third-order valence-electron chi connectivity index (χ3n) is 3.35. The van der Waals surface area contributed by atoms with Gasteiger partial charge in [0, 0.05) is 12.6 Å². The number of piperidine rings is 1. The van der Waals surface area contributed by atoms with Crippen molar-refractivity contribution in [2.45, 2.75) is 32.2 Å². The van der Waals surface area contributed by atoms with E-state index < -0.39 is 5.97 Å². The maximum atomic E-state index is 11.0. The van der Waals surface area contributed by atoms with Crippen LogP contribution in [0.4, 0.5) is 5.82 Å². The van der Waals surface area contributed by atoms with E-state index in [1.54, 1.807) is 6.20 Å². The lowest BCUT2D eigenvalue weighted by molar-refractivity contribution is 0.0690. The largest absolute Gasteiger partial charge is 0.476 e. The van der Waals surface area contributed by atoms with Gasteiger partial charge in [-0.1, -0.05) is 6.92 Å². The Morgan fingerprint density at radius 3 is 2.84 bits per heavy atom. The highest BCUT2D eigenvalue weighted by molar-refractivity contribution is 5.85. The van der Waals surface area contributed by atoms with Crippen molar-refractivity contribution in [1.29, 1.82) is 0 Å². The van der Waals surface area contributed by atoms with Crippen LogP contribution in [0.15, 0.2) is 12.4 Å². The van der Waals surface area contributed by atoms with Crippen molar-refractivity contribution >= 4 is 11.8 Å². The molecule has 0 spiro atoms. The summed E-state index contributed by atoms with van der Waals surface area (Å²) < 4.78 is 0. The minimum atomic E-state index is -1.03. The Bertz CT molecular complexity index is 432. The third-order valence-corrected chi connectivity index (χ3v) is 3.35. The summed E-state index contributed by atoms with van der Waals surface area (Å²) in [6.07, 6.45) is 6.06. The summed E-state index contributed by atoms with van der Waals surface area (Å²) in [5, 5.41) is 12.3. The number of carbonyl (C=O) groups is 1. The second-order valence-corrected chi connectivity index (χ2v) is 4.74. The quantitative estimate of drug-likeness (QED) is 0.830. The van der Waals surface area contributed by atoms with Crippen molar-refractivity contribution in [2.24, 2.45) is 0 Å². The van der Waals surface area contributed by atoms with Gasteiger partial charge < -0.3 is 15.3 Å². The molecule has 0 radical (unpaired) electrons. The number of nitrogens with one attached hydrogen (secondary N) is 1. The first-order valence-corrected chi connectivity index (χ1v) is 6.75. The van der Waals surface area contributed by atoms with Crippen LogP contribution in [0.5, 0.6) is 0 Å². The molecule has 0 amide bonds. The molecule has 0 unspecified atom stereocenters. The van der Waals surface area contributed by atoms with Gasteiger partial charge in [-0.15, -0.1) is 0 Å². The average molecular weight is 264 g/mol. The van der Waals surface area contributed by atoms with E-state index in [0.717, 1.165) is 38.9 Å². The summed E-state index contributed by atoms with van der Waals surface area (Å²) in [7, 11) is 0. The lowest BCUT2D eigenvalue weighted by atomic mass is 10.0. The van der Waals surface area contributed by atoms with Gasteiger partial charge in [0.2, 0.25) is 0 Å². The number of aromatic nitrogens is 2. The van der Waals surface area contributed by atoms with Crippen LogP contribution < -0.4 is 10.2 Å². The SMILES string of the molecule is CCCN(c1cncc(C(=O)O)n1)C1CCNCC1. The van der Waals surface area contributed by atoms with Crippen molar-refractivity contribution in [3.63, 3.8) is 0 Å². The molecule has 0 aliphatic carbocycles. The Morgan fingerprint density at radius 1 is 1.47 bits per heavy atom. The van der Waals surface area contributed by atoms with Crippen LogP contribution in [0.1, 0.15) is 36.7 Å². The summed E-state index contributed by atoms with van der Waals surface area (Å²) in [5.74, 6) is -0.357. The van der Waals surface area contributed by atoms with E-state index in [9.17, 15) is 4.79 Å². The molecular weight excluding hydrogens is 244 g/mol. The highest BCUT2D eigenvalue weighted by Crippen LogP contribution is 2.19. The molecule has 1 aliphatic rings. The first kappa shape index (κ1) is 13.7. The molecule has 0 aromatic carbocycles. The summed E-state index contributed by atoms with van der Waals surface area (Å²) in [6, 6.07) is 0.416. The predicted molar refractivity (Wildman–Crippen MR) is 72.5 cm³/mol. The molecule has 1 aromatic heterocycles. The number of rotatable bonds is 5. The molecule has 6 heteroatoms. The van der Waals surface area contributed by atoms with Gasteiger partial charge in [0.15, 0.2) is 5.69 Å². The summed E-state index contributed by atoms with van der Waals surface area (Å²) >= 11 is 0. The molecule has 1 fully saturated rings. The average Bonchev–Trinajstić information content (AvgIpc) is 2.46. The van der Waals surface area contributed by atoms with Gasteiger partial charge in [-0.3, -0.25) is 4.98 Å². The fraction of sp³-hybridized carbons (Fsp3) is 0.615. The molecule has 2 N–H and O–H groups in total. The van der Waals surface area contributed by atoms with Gasteiger partial charge in [0.05, 0.1) is 12.4 Å². The monoisotopic (exact) mass is 264 g/mol. The first-order chi connectivity index (χ1) is 9.22. The Labute approximate surface area is 112 Å². The van der Waals surface area contributed by atoms with Crippen LogP contribution in [0.2, 0.25) is 0 Å². The molecule has 0 saturated carbocycles. The van der Waals surface area contributed by atoms with Gasteiger partial charge in [-0.25, -0.2) is 9.78 Å². The Hall–Kier alpha value is -1.69. The van der Waals surface area contributed by atoms with Gasteiger partial charge in [-0.2, -0.15) is 0 Å². The molecule has 6 nitrogen and oxygen atoms in total. The topological polar surface area (TPSA) is 78.4 Å². The number of nitrogens with zero attached hydrogens (tertiary/aromatic N) is 3. The van der Waals surface area contributed by atoms with Crippen LogP contribution in [0, 0.1) is 0 Å². The fourth-order valence-electron chi connectivity index (χ4n) is 2.44. The van der Waals surface area contributed by atoms with Crippen LogP contribution in [-0.2, 0) is 0 Å². The number of hydrogen-bond donors (Lipinski definition) is 2. The Morgan fingerprint density at radius 2 is 2.21 bits per heavy atom. The lowest BCUT2D eigenvalue weighted by Crippen LogP contribution is -2.44. The number of aromatic carboxylic acids is 1. The van der Waals surface area contributed by atoms with Crippen molar-refractivity contribution in [1.82, 2.24) is 15.3 Å². The summed E-state index contributed by atoms with van der Waals surface area (Å²) in [6.45, 7) is 4.98. The molecule has 1 aliphatic heterocycles. The number of carboxylic acids is 1. The van der Waals surface area contributed by atoms with Gasteiger partial charge in [-0.05, 0) is 32.4 Å². The smallest absolute Gasteiger partial charge is 0.356 e. The van der Waals surface area contributed by atoms with Gasteiger partial charge in [0.1, 0.15) is 5.82 Å². The zero-order valence-corrected chi connectivity index (χ0v) is 11.2. The maximum Gasteiger partial charge on any atom is 0.356 e. The van der Waals surface area contributed by atoms with Gasteiger partial charge in [0.25, 0.3) is 0 Å².